The molecule has 122 valence electrons. The highest BCUT2D eigenvalue weighted by Crippen LogP contribution is 2.30. The molecule has 10 nitrogen and oxygen atoms in total. The first-order chi connectivity index (χ1) is 9.62. The SMILES string of the molecule is CC(=O)N[C@@H]1C(O)C[C@@](O)(C(=O)O)OC1C(O)C(O)CO. The van der Waals surface area contributed by atoms with Gasteiger partial charge in [-0.15, -0.1) is 0 Å². The van der Waals surface area contributed by atoms with Gasteiger partial charge in [0.25, 0.3) is 5.79 Å². The minimum Gasteiger partial charge on any atom is -0.477 e. The van der Waals surface area contributed by atoms with Gasteiger partial charge in [0.2, 0.25) is 5.91 Å². The summed E-state index contributed by atoms with van der Waals surface area (Å²) in [4.78, 5) is 22.1. The lowest BCUT2D eigenvalue weighted by molar-refractivity contribution is -0.295. The fraction of sp³-hybridized carbons (Fsp3) is 0.818. The van der Waals surface area contributed by atoms with Crippen molar-refractivity contribution in [3.8, 4) is 0 Å². The van der Waals surface area contributed by atoms with Crippen LogP contribution in [-0.4, -0.2) is 85.4 Å². The summed E-state index contributed by atoms with van der Waals surface area (Å²) in [5, 5.41) is 59.0. The molecule has 0 bridgehead atoms. The van der Waals surface area contributed by atoms with E-state index in [1.807, 2.05) is 0 Å². The van der Waals surface area contributed by atoms with Crippen LogP contribution in [0.2, 0.25) is 0 Å². The van der Waals surface area contributed by atoms with Gasteiger partial charge in [-0.2, -0.15) is 0 Å². The monoisotopic (exact) mass is 309 g/mol. The van der Waals surface area contributed by atoms with Gasteiger partial charge >= 0.3 is 5.97 Å². The highest BCUT2D eigenvalue weighted by molar-refractivity contribution is 5.76. The Morgan fingerprint density at radius 3 is 2.43 bits per heavy atom. The minimum absolute atomic E-state index is 0.598. The van der Waals surface area contributed by atoms with Crippen LogP contribution in [0.5, 0.6) is 0 Å². The maximum atomic E-state index is 11.1. The Labute approximate surface area is 119 Å². The van der Waals surface area contributed by atoms with E-state index in [0.29, 0.717) is 0 Å². The number of rotatable bonds is 5. The van der Waals surface area contributed by atoms with Gasteiger partial charge in [-0.3, -0.25) is 4.79 Å². The van der Waals surface area contributed by atoms with E-state index in [4.69, 9.17) is 14.9 Å². The molecule has 1 heterocycles. The van der Waals surface area contributed by atoms with Gasteiger partial charge in [0, 0.05) is 13.3 Å². The third-order valence-corrected chi connectivity index (χ3v) is 3.21. The average Bonchev–Trinajstić information content (AvgIpc) is 2.39. The Morgan fingerprint density at radius 1 is 1.43 bits per heavy atom. The summed E-state index contributed by atoms with van der Waals surface area (Å²) < 4.78 is 4.86. The summed E-state index contributed by atoms with van der Waals surface area (Å²) in [5.41, 5.74) is 0. The van der Waals surface area contributed by atoms with Crippen LogP contribution in [0.25, 0.3) is 0 Å². The Kier molecular flexibility index (Phi) is 5.61. The van der Waals surface area contributed by atoms with Crippen molar-refractivity contribution in [3.05, 3.63) is 0 Å². The lowest BCUT2D eigenvalue weighted by Crippen LogP contribution is -2.67. The fourth-order valence-corrected chi connectivity index (χ4v) is 2.14. The number of hydrogen-bond donors (Lipinski definition) is 7. The quantitative estimate of drug-likeness (QED) is 0.268. The largest absolute Gasteiger partial charge is 0.477 e. The van der Waals surface area contributed by atoms with Crippen LogP contribution in [0.15, 0.2) is 0 Å². The van der Waals surface area contributed by atoms with Crippen molar-refractivity contribution in [2.75, 3.05) is 6.61 Å². The summed E-state index contributed by atoms with van der Waals surface area (Å²) in [7, 11) is 0. The predicted octanol–water partition coefficient (Wildman–Crippen LogP) is -3.87. The smallest absolute Gasteiger partial charge is 0.364 e. The topological polar surface area (TPSA) is 177 Å². The van der Waals surface area contributed by atoms with Gasteiger partial charge in [0.15, 0.2) is 0 Å². The number of hydrogen-bond acceptors (Lipinski definition) is 8. The zero-order valence-corrected chi connectivity index (χ0v) is 11.2. The second-order valence-corrected chi connectivity index (χ2v) is 4.91. The van der Waals surface area contributed by atoms with E-state index in [-0.39, 0.29) is 0 Å². The normalized spacial score (nSPS) is 35.8. The van der Waals surface area contributed by atoms with Gasteiger partial charge in [0.05, 0.1) is 18.8 Å². The van der Waals surface area contributed by atoms with E-state index < -0.39 is 61.1 Å². The number of ether oxygens (including phenoxy) is 1. The summed E-state index contributed by atoms with van der Waals surface area (Å²) in [6.07, 6.45) is -7.48. The average molecular weight is 309 g/mol. The van der Waals surface area contributed by atoms with E-state index in [2.05, 4.69) is 5.32 Å². The minimum atomic E-state index is -2.78. The number of carbonyl (C=O) groups is 2. The molecule has 0 aliphatic carbocycles. The first kappa shape index (κ1) is 17.8. The summed E-state index contributed by atoms with van der Waals surface area (Å²) in [5.74, 6) is -5.17. The van der Waals surface area contributed by atoms with Crippen molar-refractivity contribution in [3.63, 3.8) is 0 Å². The lowest BCUT2D eigenvalue weighted by atomic mass is 9.88. The molecule has 21 heavy (non-hydrogen) atoms. The van der Waals surface area contributed by atoms with Crippen LogP contribution < -0.4 is 5.32 Å². The number of carboxylic acid groups (broad SMARTS) is 1. The molecule has 6 atom stereocenters. The van der Waals surface area contributed by atoms with Crippen LogP contribution >= 0.6 is 0 Å². The second kappa shape index (κ2) is 6.64. The molecule has 1 rings (SSSR count). The zero-order chi connectivity index (χ0) is 16.4. The molecule has 7 N–H and O–H groups in total. The molecule has 0 saturated carbocycles. The van der Waals surface area contributed by atoms with Crippen LogP contribution in [0.1, 0.15) is 13.3 Å². The standard InChI is InChI=1S/C11H19NO9/c1-4(14)12-7-5(15)2-11(20,10(18)19)21-9(7)8(17)6(16)3-13/h5-9,13,15-17,20H,2-3H2,1H3,(H,12,14)(H,18,19)/t5?,6?,7-,8?,9?,11+/m1/s1. The van der Waals surface area contributed by atoms with Crippen molar-refractivity contribution < 1.29 is 45.0 Å². The van der Waals surface area contributed by atoms with Crippen LogP contribution in [0.4, 0.5) is 0 Å². The third-order valence-electron chi connectivity index (χ3n) is 3.21. The molecular weight excluding hydrogens is 290 g/mol. The molecule has 0 spiro atoms. The maximum Gasteiger partial charge on any atom is 0.364 e. The number of carbonyl (C=O) groups excluding carboxylic acids is 1. The van der Waals surface area contributed by atoms with Gasteiger partial charge in [-0.25, -0.2) is 4.79 Å². The van der Waals surface area contributed by atoms with Gasteiger partial charge in [-0.05, 0) is 0 Å². The Morgan fingerprint density at radius 2 is 2.00 bits per heavy atom. The molecule has 1 fully saturated rings. The van der Waals surface area contributed by atoms with E-state index >= 15 is 0 Å². The maximum absolute atomic E-state index is 11.1. The number of nitrogens with one attached hydrogen (secondary N) is 1. The molecule has 4 unspecified atom stereocenters. The van der Waals surface area contributed by atoms with Gasteiger partial charge in [-0.1, -0.05) is 0 Å². The van der Waals surface area contributed by atoms with Crippen molar-refractivity contribution in [1.82, 2.24) is 5.32 Å². The van der Waals surface area contributed by atoms with Crippen LogP contribution in [-0.2, 0) is 14.3 Å². The summed E-state index contributed by atoms with van der Waals surface area (Å²) in [6, 6.07) is -1.27. The highest BCUT2D eigenvalue weighted by atomic mass is 16.7. The van der Waals surface area contributed by atoms with Crippen molar-refractivity contribution in [1.29, 1.82) is 0 Å². The summed E-state index contributed by atoms with van der Waals surface area (Å²) >= 11 is 0. The fourth-order valence-electron chi connectivity index (χ4n) is 2.14. The van der Waals surface area contributed by atoms with E-state index in [1.54, 1.807) is 0 Å². The molecule has 1 amide bonds. The molecule has 0 aromatic heterocycles. The number of aliphatic hydroxyl groups is 5. The zero-order valence-electron chi connectivity index (χ0n) is 11.2. The van der Waals surface area contributed by atoms with Gasteiger partial charge < -0.3 is 40.7 Å². The Balaban J connectivity index is 3.07. The van der Waals surface area contributed by atoms with Crippen molar-refractivity contribution >= 4 is 11.9 Å². The number of aliphatic hydroxyl groups excluding tert-OH is 4. The second-order valence-electron chi connectivity index (χ2n) is 4.91. The first-order valence-electron chi connectivity index (χ1n) is 6.18. The molecule has 1 aliphatic heterocycles. The van der Waals surface area contributed by atoms with Crippen molar-refractivity contribution in [2.24, 2.45) is 0 Å². The lowest BCUT2D eigenvalue weighted by Gasteiger charge is -2.44. The van der Waals surface area contributed by atoms with E-state index in [1.165, 1.54) is 0 Å². The molecule has 0 aromatic rings. The highest BCUT2D eigenvalue weighted by Gasteiger charge is 2.53. The first-order valence-corrected chi connectivity index (χ1v) is 6.18. The number of carboxylic acids is 1. The van der Waals surface area contributed by atoms with E-state index in [0.717, 1.165) is 6.92 Å². The van der Waals surface area contributed by atoms with Crippen molar-refractivity contribution in [2.45, 2.75) is 49.6 Å². The number of aliphatic carboxylic acids is 1. The molecule has 0 radical (unpaired) electrons. The molecule has 10 heteroatoms. The molecule has 1 saturated heterocycles. The number of amides is 1. The van der Waals surface area contributed by atoms with Crippen LogP contribution in [0, 0.1) is 0 Å². The molecule has 1 aliphatic rings. The molecular formula is C11H19NO9. The van der Waals surface area contributed by atoms with Crippen LogP contribution in [0.3, 0.4) is 0 Å². The predicted molar refractivity (Wildman–Crippen MR) is 64.8 cm³/mol. The van der Waals surface area contributed by atoms with E-state index in [9.17, 15) is 30.0 Å². The Hall–Kier alpha value is -1.30. The van der Waals surface area contributed by atoms with Gasteiger partial charge in [0.1, 0.15) is 18.3 Å². The Bertz CT molecular complexity index is 403. The summed E-state index contributed by atoms with van der Waals surface area (Å²) in [6.45, 7) is 0.256. The molecule has 0 aromatic carbocycles. The third kappa shape index (κ3) is 3.87.